The van der Waals surface area contributed by atoms with Crippen molar-refractivity contribution in [3.63, 3.8) is 0 Å². The van der Waals surface area contributed by atoms with Gasteiger partial charge in [0.15, 0.2) is 0 Å². The molecular weight excluding hydrogens is 672 g/mol. The van der Waals surface area contributed by atoms with Gasteiger partial charge in [-0.15, -0.1) is 0 Å². The van der Waals surface area contributed by atoms with E-state index in [0.717, 1.165) is 43.4 Å². The van der Waals surface area contributed by atoms with Gasteiger partial charge in [0.05, 0.1) is 23.1 Å². The third-order valence-electron chi connectivity index (χ3n) is 11.7. The number of aryl methyl sites for hydroxylation is 1. The van der Waals surface area contributed by atoms with Gasteiger partial charge in [0.1, 0.15) is 17.5 Å². The van der Waals surface area contributed by atoms with Crippen LogP contribution in [0.1, 0.15) is 78.7 Å². The minimum Gasteiger partial charge on any atom is -0.490 e. The topological polar surface area (TPSA) is 133 Å². The van der Waals surface area contributed by atoms with Crippen molar-refractivity contribution in [2.24, 2.45) is 17.8 Å². The van der Waals surface area contributed by atoms with Crippen molar-refractivity contribution >= 4 is 33.2 Å². The molecule has 1 spiro atoms. The smallest absolute Gasteiger partial charge is 0.264 e. The van der Waals surface area contributed by atoms with E-state index in [2.05, 4.69) is 32.8 Å². The first-order valence-corrected chi connectivity index (χ1v) is 19.4. The lowest BCUT2D eigenvalue weighted by Crippen LogP contribution is -2.53. The molecule has 11 heteroatoms. The van der Waals surface area contributed by atoms with Gasteiger partial charge < -0.3 is 14.7 Å². The number of nitriles is 1. The Morgan fingerprint density at radius 3 is 2.78 bits per heavy atom. The van der Waals surface area contributed by atoms with E-state index >= 15 is 0 Å². The van der Waals surface area contributed by atoms with Crippen molar-refractivity contribution in [3.8, 4) is 11.8 Å². The molecule has 2 N–H and O–H groups in total. The number of aromatic nitrogens is 1. The second-order valence-corrected chi connectivity index (χ2v) is 17.3. The van der Waals surface area contributed by atoms with Crippen LogP contribution in [0, 0.1) is 29.1 Å². The first-order valence-electron chi connectivity index (χ1n) is 17.5. The molecule has 1 amide bonds. The number of carbonyl (C=O) groups is 1. The summed E-state index contributed by atoms with van der Waals surface area (Å²) in [6.45, 7) is 5.12. The summed E-state index contributed by atoms with van der Waals surface area (Å²) in [6.07, 6.45) is 10.6. The highest BCUT2D eigenvalue weighted by Crippen LogP contribution is 2.49. The van der Waals surface area contributed by atoms with Gasteiger partial charge in [0.25, 0.3) is 5.91 Å². The molecule has 0 unspecified atom stereocenters. The molecule has 2 aromatic carbocycles. The molecule has 1 fully saturated rings. The molecule has 0 saturated heterocycles. The standard InChI is InChI=1S/C39H43ClN4O5S/c1-25-5-3-15-39(46,20-27-13-16-42-32(17-27)21-41)34-10-7-30(34)22-44-23-38(14-4-6-28-18-31(40)9-11-33(28)38)24-49-36-12-8-29(19-35(36)44)37(45)43-50(47,48)26(25)2/h3,8-9,11-13,15-19,25-26,30,34,46H,4-7,10,14,20,22-24H2,1-2H3,(H,43,45)/b15-3-/t25-,26+,30-,34+,38-,39-/m0/s1. The fourth-order valence-electron chi connectivity index (χ4n) is 8.54. The molecule has 2 aliphatic heterocycles. The molecule has 3 aromatic rings. The van der Waals surface area contributed by atoms with Gasteiger partial charge in [0.2, 0.25) is 10.0 Å². The summed E-state index contributed by atoms with van der Waals surface area (Å²) in [5, 5.41) is 21.9. The van der Waals surface area contributed by atoms with E-state index in [9.17, 15) is 23.6 Å². The van der Waals surface area contributed by atoms with Gasteiger partial charge in [-0.1, -0.05) is 36.7 Å². The Hall–Kier alpha value is -3.91. The number of nitrogens with zero attached hydrogens (tertiary/aromatic N) is 3. The van der Waals surface area contributed by atoms with Crippen molar-refractivity contribution in [2.45, 2.75) is 75.1 Å². The van der Waals surface area contributed by atoms with Crippen LogP contribution in [0.2, 0.25) is 5.02 Å². The van der Waals surface area contributed by atoms with Gasteiger partial charge in [-0.25, -0.2) is 18.1 Å². The first-order chi connectivity index (χ1) is 23.9. The van der Waals surface area contributed by atoms with E-state index in [-0.39, 0.29) is 28.7 Å². The minimum atomic E-state index is -4.02. The summed E-state index contributed by atoms with van der Waals surface area (Å²) in [7, 11) is -4.02. The number of pyridine rings is 1. The molecule has 0 radical (unpaired) electrons. The quantitative estimate of drug-likeness (QED) is 0.304. The normalized spacial score (nSPS) is 31.1. The summed E-state index contributed by atoms with van der Waals surface area (Å²) in [5.41, 5.74) is 2.93. The van der Waals surface area contributed by atoms with Gasteiger partial charge in [-0.05, 0) is 122 Å². The molecule has 50 heavy (non-hydrogen) atoms. The van der Waals surface area contributed by atoms with E-state index in [1.54, 1.807) is 37.4 Å². The number of amides is 1. The van der Waals surface area contributed by atoms with E-state index in [1.807, 2.05) is 31.2 Å². The highest BCUT2D eigenvalue weighted by Gasteiger charge is 2.48. The maximum atomic E-state index is 13.5. The molecular formula is C39H43ClN4O5S. The lowest BCUT2D eigenvalue weighted by molar-refractivity contribution is -0.0447. The van der Waals surface area contributed by atoms with Crippen LogP contribution in [0.3, 0.4) is 0 Å². The maximum Gasteiger partial charge on any atom is 0.264 e. The Kier molecular flexibility index (Phi) is 9.21. The number of halogens is 1. The lowest BCUT2D eigenvalue weighted by Gasteiger charge is -2.49. The van der Waals surface area contributed by atoms with Gasteiger partial charge in [-0.3, -0.25) is 4.79 Å². The van der Waals surface area contributed by atoms with Gasteiger partial charge >= 0.3 is 0 Å². The number of anilines is 1. The average Bonchev–Trinajstić information content (AvgIpc) is 3.22. The molecule has 1 aromatic heterocycles. The van der Waals surface area contributed by atoms with Crippen molar-refractivity contribution < 1.29 is 23.1 Å². The van der Waals surface area contributed by atoms with Crippen LogP contribution in [-0.4, -0.2) is 55.0 Å². The SMILES string of the molecule is C[C@@H]1[C@@H](C)C/C=C\[C@](O)(Cc2ccnc(C#N)c2)[C@@H]2CC[C@H]2CN2C[C@@]3(CCCc4cc(Cl)ccc43)COc3ccc(cc32)C(=O)NS1(=O)=O. The van der Waals surface area contributed by atoms with E-state index < -0.39 is 26.8 Å². The number of nitrogens with one attached hydrogen (secondary N) is 1. The zero-order chi connectivity index (χ0) is 35.3. The van der Waals surface area contributed by atoms with Crippen LogP contribution < -0.4 is 14.4 Å². The molecule has 2 aliphatic carbocycles. The van der Waals surface area contributed by atoms with E-state index in [0.29, 0.717) is 49.0 Å². The second kappa shape index (κ2) is 13.3. The van der Waals surface area contributed by atoms with Crippen molar-refractivity contribution in [2.75, 3.05) is 24.6 Å². The molecule has 6 atom stereocenters. The zero-order valence-electron chi connectivity index (χ0n) is 28.4. The van der Waals surface area contributed by atoms with E-state index in [4.69, 9.17) is 16.3 Å². The Morgan fingerprint density at radius 2 is 2.00 bits per heavy atom. The van der Waals surface area contributed by atoms with Crippen LogP contribution in [0.5, 0.6) is 5.75 Å². The van der Waals surface area contributed by atoms with Crippen LogP contribution in [-0.2, 0) is 28.3 Å². The number of benzene rings is 2. The van der Waals surface area contributed by atoms with Crippen LogP contribution in [0.25, 0.3) is 0 Å². The predicted molar refractivity (Wildman–Crippen MR) is 193 cm³/mol. The van der Waals surface area contributed by atoms with Crippen molar-refractivity contribution in [1.29, 1.82) is 5.26 Å². The number of sulfonamides is 1. The van der Waals surface area contributed by atoms with Gasteiger partial charge in [0, 0.05) is 41.7 Å². The molecule has 1 saturated carbocycles. The molecule has 262 valence electrons. The second-order valence-electron chi connectivity index (χ2n) is 14.9. The summed E-state index contributed by atoms with van der Waals surface area (Å²) in [6, 6.07) is 16.9. The number of fused-ring (bicyclic) bond motifs is 4. The highest BCUT2D eigenvalue weighted by atomic mass is 35.5. The molecule has 3 heterocycles. The lowest BCUT2D eigenvalue weighted by atomic mass is 9.62. The number of rotatable bonds is 2. The maximum absolute atomic E-state index is 13.5. The Balaban J connectivity index is 1.32. The zero-order valence-corrected chi connectivity index (χ0v) is 30.0. The molecule has 4 aliphatic rings. The average molecular weight is 715 g/mol. The largest absolute Gasteiger partial charge is 0.490 e. The number of carbonyl (C=O) groups excluding carboxylic acids is 1. The third-order valence-corrected chi connectivity index (χ3v) is 13.8. The summed E-state index contributed by atoms with van der Waals surface area (Å²) >= 11 is 6.45. The monoisotopic (exact) mass is 714 g/mol. The van der Waals surface area contributed by atoms with Crippen LogP contribution in [0.15, 0.2) is 66.9 Å². The van der Waals surface area contributed by atoms with Crippen molar-refractivity contribution in [3.05, 3.63) is 99.9 Å². The predicted octanol–water partition coefficient (Wildman–Crippen LogP) is 6.12. The number of hydrogen-bond donors (Lipinski definition) is 2. The number of aliphatic hydroxyl groups is 1. The van der Waals surface area contributed by atoms with Crippen LogP contribution >= 0.6 is 11.6 Å². The number of hydrogen-bond acceptors (Lipinski definition) is 8. The highest BCUT2D eigenvalue weighted by molar-refractivity contribution is 7.90. The summed E-state index contributed by atoms with van der Waals surface area (Å²) in [4.78, 5) is 20.0. The fraction of sp³-hybridized carbons (Fsp3) is 0.462. The third kappa shape index (κ3) is 6.52. The summed E-state index contributed by atoms with van der Waals surface area (Å²) < 4.78 is 35.9. The van der Waals surface area contributed by atoms with Crippen molar-refractivity contribution in [1.82, 2.24) is 9.71 Å². The minimum absolute atomic E-state index is 0.102. The first kappa shape index (κ1) is 34.5. The van der Waals surface area contributed by atoms with Crippen LogP contribution in [0.4, 0.5) is 5.69 Å². The molecule has 9 nitrogen and oxygen atoms in total. The van der Waals surface area contributed by atoms with Gasteiger partial charge in [-0.2, -0.15) is 5.26 Å². The Morgan fingerprint density at radius 1 is 1.16 bits per heavy atom. The molecule has 7 rings (SSSR count). The number of allylic oxidation sites excluding steroid dienone is 1. The van der Waals surface area contributed by atoms with E-state index in [1.165, 1.54) is 11.1 Å². The molecule has 2 bridgehead atoms. The Bertz CT molecular complexity index is 2000. The Labute approximate surface area is 299 Å². The number of ether oxygens (including phenoxy) is 1. The summed E-state index contributed by atoms with van der Waals surface area (Å²) in [5.74, 6) is -0.361. The fourth-order valence-corrected chi connectivity index (χ4v) is 10.0.